The Hall–Kier alpha value is -1.58. The number of hydrogen-bond donors (Lipinski definition) is 2. The van der Waals surface area contributed by atoms with Crippen LogP contribution in [-0.4, -0.2) is 5.11 Å². The maximum atomic E-state index is 6.20. The van der Waals surface area contributed by atoms with E-state index >= 15 is 0 Å². The van der Waals surface area contributed by atoms with Crippen molar-refractivity contribution in [3.05, 3.63) is 53.6 Å². The van der Waals surface area contributed by atoms with Crippen molar-refractivity contribution in [1.82, 2.24) is 0 Å². The van der Waals surface area contributed by atoms with Gasteiger partial charge in [-0.15, -0.1) is 0 Å². The molecule has 4 heteroatoms. The number of thiocarbonyl (C=S) groups is 1. The van der Waals surface area contributed by atoms with Crippen molar-refractivity contribution in [2.75, 3.05) is 5.32 Å². The zero-order valence-corrected chi connectivity index (χ0v) is 10.5. The molecule has 0 spiro atoms. The molecule has 0 fully saturated rings. The molecule has 2 aromatic carbocycles. The van der Waals surface area contributed by atoms with Crippen LogP contribution >= 0.6 is 23.8 Å². The fourth-order valence-corrected chi connectivity index (χ4v) is 1.95. The molecule has 0 aliphatic carbocycles. The quantitative estimate of drug-likeness (QED) is 0.813. The van der Waals surface area contributed by atoms with Gasteiger partial charge in [0.05, 0.1) is 10.7 Å². The molecule has 0 aromatic heterocycles. The third-order valence-electron chi connectivity index (χ3n) is 2.26. The molecule has 0 bridgehead atoms. The summed E-state index contributed by atoms with van der Waals surface area (Å²) in [6.45, 7) is 0. The third-order valence-corrected chi connectivity index (χ3v) is 2.67. The number of hydrogen-bond acceptors (Lipinski definition) is 1. The second kappa shape index (κ2) is 5.17. The molecule has 0 amide bonds. The molecule has 0 unspecified atom stereocenters. The van der Waals surface area contributed by atoms with Crippen molar-refractivity contribution >= 4 is 34.6 Å². The van der Waals surface area contributed by atoms with Gasteiger partial charge in [0, 0.05) is 11.6 Å². The van der Waals surface area contributed by atoms with Crippen LogP contribution in [0.1, 0.15) is 0 Å². The highest BCUT2D eigenvalue weighted by Crippen LogP contribution is 2.34. The Bertz CT molecular complexity index is 540. The van der Waals surface area contributed by atoms with Gasteiger partial charge in [0.15, 0.2) is 5.11 Å². The number of benzene rings is 2. The van der Waals surface area contributed by atoms with Crippen LogP contribution in [-0.2, 0) is 0 Å². The minimum absolute atomic E-state index is 0.195. The molecule has 2 aromatic rings. The van der Waals surface area contributed by atoms with E-state index in [1.54, 1.807) is 12.1 Å². The highest BCUT2D eigenvalue weighted by atomic mass is 35.5. The van der Waals surface area contributed by atoms with Crippen molar-refractivity contribution in [3.8, 4) is 11.1 Å². The molecule has 0 aliphatic rings. The minimum atomic E-state index is 0.195. The Labute approximate surface area is 110 Å². The topological polar surface area (TPSA) is 38.0 Å². The molecule has 0 aliphatic heterocycles. The van der Waals surface area contributed by atoms with Gasteiger partial charge in [-0.25, -0.2) is 0 Å². The summed E-state index contributed by atoms with van der Waals surface area (Å²) >= 11 is 11.0. The van der Waals surface area contributed by atoms with Gasteiger partial charge in [-0.1, -0.05) is 48.0 Å². The summed E-state index contributed by atoms with van der Waals surface area (Å²) in [7, 11) is 0. The Balaban J connectivity index is 2.55. The molecule has 1 radical (unpaired) electrons. The van der Waals surface area contributed by atoms with Crippen LogP contribution in [0.25, 0.3) is 11.1 Å². The van der Waals surface area contributed by atoms with Crippen molar-refractivity contribution in [2.45, 2.75) is 0 Å². The maximum Gasteiger partial charge on any atom is 0.168 e. The Kier molecular flexibility index (Phi) is 3.61. The summed E-state index contributed by atoms with van der Waals surface area (Å²) in [5.74, 6) is 0. The van der Waals surface area contributed by atoms with E-state index in [4.69, 9.17) is 29.6 Å². The standard InChI is InChI=1S/C13H10ClN2S/c14-10-7-4-8-11(16-13(15)17)12(10)9-5-2-1-3-6-9/h1-7H,(H3,15,16,17). The van der Waals surface area contributed by atoms with Crippen LogP contribution in [0.15, 0.2) is 42.5 Å². The van der Waals surface area contributed by atoms with E-state index < -0.39 is 0 Å². The first-order valence-corrected chi connectivity index (χ1v) is 5.79. The van der Waals surface area contributed by atoms with Crippen LogP contribution in [0.4, 0.5) is 5.69 Å². The third kappa shape index (κ3) is 2.75. The van der Waals surface area contributed by atoms with Gasteiger partial charge in [-0.3, -0.25) is 0 Å². The zero-order valence-electron chi connectivity index (χ0n) is 8.91. The zero-order chi connectivity index (χ0) is 12.3. The molecular weight excluding hydrogens is 252 g/mol. The summed E-state index contributed by atoms with van der Waals surface area (Å²) in [5.41, 5.74) is 8.01. The first kappa shape index (κ1) is 11.9. The van der Waals surface area contributed by atoms with Gasteiger partial charge < -0.3 is 11.1 Å². The Morgan fingerprint density at radius 3 is 2.59 bits per heavy atom. The van der Waals surface area contributed by atoms with Gasteiger partial charge >= 0.3 is 0 Å². The molecular formula is C13H10ClN2S. The van der Waals surface area contributed by atoms with Gasteiger partial charge in [0.2, 0.25) is 0 Å². The summed E-state index contributed by atoms with van der Waals surface area (Å²) in [6, 6.07) is 16.4. The van der Waals surface area contributed by atoms with E-state index in [0.29, 0.717) is 10.7 Å². The molecule has 17 heavy (non-hydrogen) atoms. The number of anilines is 1. The fraction of sp³-hybridized carbons (Fsp3) is 0. The molecule has 0 atom stereocenters. The van der Waals surface area contributed by atoms with Gasteiger partial charge in [-0.2, -0.15) is 0 Å². The summed E-state index contributed by atoms with van der Waals surface area (Å²) in [4.78, 5) is 0. The molecule has 2 nitrogen and oxygen atoms in total. The minimum Gasteiger partial charge on any atom is -0.376 e. The molecule has 2 rings (SSSR count). The maximum absolute atomic E-state index is 6.20. The molecule has 0 saturated heterocycles. The predicted molar refractivity (Wildman–Crippen MR) is 76.1 cm³/mol. The van der Waals surface area contributed by atoms with Crippen LogP contribution < -0.4 is 11.1 Å². The van der Waals surface area contributed by atoms with Crippen molar-refractivity contribution in [2.24, 2.45) is 5.73 Å². The average Bonchev–Trinajstić information content (AvgIpc) is 2.29. The normalized spacial score (nSPS) is 9.94. The van der Waals surface area contributed by atoms with E-state index in [-0.39, 0.29) is 5.11 Å². The SMILES string of the molecule is NC(=S)Nc1[c]ccc(Cl)c1-c1ccccc1. The number of nitrogens with one attached hydrogen (secondary N) is 1. The van der Waals surface area contributed by atoms with E-state index in [9.17, 15) is 0 Å². The highest BCUT2D eigenvalue weighted by molar-refractivity contribution is 7.80. The monoisotopic (exact) mass is 261 g/mol. The molecule has 3 N–H and O–H groups in total. The summed E-state index contributed by atoms with van der Waals surface area (Å²) in [6.07, 6.45) is 0. The predicted octanol–water partition coefficient (Wildman–Crippen LogP) is 3.46. The van der Waals surface area contributed by atoms with E-state index in [0.717, 1.165) is 11.1 Å². The Morgan fingerprint density at radius 1 is 1.24 bits per heavy atom. The van der Waals surface area contributed by atoms with Gasteiger partial charge in [0.25, 0.3) is 0 Å². The van der Waals surface area contributed by atoms with Crippen LogP contribution in [0, 0.1) is 6.07 Å². The fourth-order valence-electron chi connectivity index (χ4n) is 1.58. The van der Waals surface area contributed by atoms with Gasteiger partial charge in [-0.05, 0) is 23.8 Å². The second-order valence-corrected chi connectivity index (χ2v) is 4.28. The lowest BCUT2D eigenvalue weighted by molar-refractivity contribution is 1.56. The van der Waals surface area contributed by atoms with E-state index in [1.165, 1.54) is 0 Å². The molecule has 0 saturated carbocycles. The van der Waals surface area contributed by atoms with Crippen molar-refractivity contribution in [1.29, 1.82) is 0 Å². The first-order valence-electron chi connectivity index (χ1n) is 5.00. The second-order valence-electron chi connectivity index (χ2n) is 3.43. The molecule has 0 heterocycles. The highest BCUT2D eigenvalue weighted by Gasteiger charge is 2.09. The van der Waals surface area contributed by atoms with Crippen molar-refractivity contribution in [3.63, 3.8) is 0 Å². The van der Waals surface area contributed by atoms with E-state index in [1.807, 2.05) is 30.3 Å². The first-order chi connectivity index (χ1) is 8.18. The summed E-state index contributed by atoms with van der Waals surface area (Å²) in [5, 5.41) is 3.71. The molecule has 85 valence electrons. The van der Waals surface area contributed by atoms with Crippen LogP contribution in [0.3, 0.4) is 0 Å². The van der Waals surface area contributed by atoms with Crippen LogP contribution in [0.2, 0.25) is 5.02 Å². The van der Waals surface area contributed by atoms with Gasteiger partial charge in [0.1, 0.15) is 0 Å². The average molecular weight is 262 g/mol. The Morgan fingerprint density at radius 2 is 1.94 bits per heavy atom. The number of halogens is 1. The van der Waals surface area contributed by atoms with E-state index in [2.05, 4.69) is 11.4 Å². The smallest absolute Gasteiger partial charge is 0.168 e. The van der Waals surface area contributed by atoms with Crippen molar-refractivity contribution < 1.29 is 0 Å². The number of nitrogens with two attached hydrogens (primary N) is 1. The lowest BCUT2D eigenvalue weighted by Gasteiger charge is -2.12. The largest absolute Gasteiger partial charge is 0.376 e. The lowest BCUT2D eigenvalue weighted by Crippen LogP contribution is -2.19. The summed E-state index contributed by atoms with van der Waals surface area (Å²) < 4.78 is 0. The number of rotatable bonds is 2. The lowest BCUT2D eigenvalue weighted by atomic mass is 10.0. The van der Waals surface area contributed by atoms with Crippen LogP contribution in [0.5, 0.6) is 0 Å².